The summed E-state index contributed by atoms with van der Waals surface area (Å²) in [6, 6.07) is 8.58. The Bertz CT molecular complexity index is 1120. The molecular weight excluding hydrogens is 400 g/mol. The summed E-state index contributed by atoms with van der Waals surface area (Å²) < 4.78 is 4.36. The number of nitrogens with zero attached hydrogens (tertiary/aromatic N) is 4. The van der Waals surface area contributed by atoms with Crippen molar-refractivity contribution in [2.45, 2.75) is 20.0 Å². The maximum Gasteiger partial charge on any atom is 0.332 e. The van der Waals surface area contributed by atoms with E-state index >= 15 is 0 Å². The number of hydrogen-bond acceptors (Lipinski definition) is 4. The third kappa shape index (κ3) is 3.08. The monoisotopic (exact) mass is 416 g/mol. The van der Waals surface area contributed by atoms with Crippen LogP contribution in [-0.4, -0.2) is 24.5 Å². The Balaban J connectivity index is 2.18. The van der Waals surface area contributed by atoms with Crippen LogP contribution in [0.2, 0.25) is 0 Å². The molecule has 134 valence electrons. The molecule has 0 aliphatic heterocycles. The fourth-order valence-electron chi connectivity index (χ4n) is 2.72. The van der Waals surface area contributed by atoms with Gasteiger partial charge in [0.1, 0.15) is 0 Å². The SMILES string of the molecule is CC=CCn1c(Br)nc2c1c(=O)n(CC(=O)c1ccccc1)c(=O)n2C. The van der Waals surface area contributed by atoms with E-state index in [0.29, 0.717) is 16.8 Å². The maximum atomic E-state index is 13.0. The minimum atomic E-state index is -0.574. The summed E-state index contributed by atoms with van der Waals surface area (Å²) in [6.45, 7) is 1.98. The van der Waals surface area contributed by atoms with Gasteiger partial charge in [0.15, 0.2) is 21.7 Å². The summed E-state index contributed by atoms with van der Waals surface area (Å²) in [5, 5.41) is 0. The van der Waals surface area contributed by atoms with E-state index < -0.39 is 11.2 Å². The van der Waals surface area contributed by atoms with Gasteiger partial charge in [-0.3, -0.25) is 18.7 Å². The van der Waals surface area contributed by atoms with Crippen molar-refractivity contribution in [2.24, 2.45) is 7.05 Å². The first-order valence-electron chi connectivity index (χ1n) is 8.00. The number of aryl methyl sites for hydroxylation is 1. The van der Waals surface area contributed by atoms with E-state index in [1.54, 1.807) is 34.9 Å². The number of hydrogen-bond donors (Lipinski definition) is 0. The maximum absolute atomic E-state index is 13.0. The number of imidazole rings is 1. The second-order valence-corrected chi connectivity index (χ2v) is 6.46. The molecule has 0 radical (unpaired) electrons. The molecule has 0 saturated carbocycles. The normalized spacial score (nSPS) is 11.5. The largest absolute Gasteiger partial charge is 0.332 e. The summed E-state index contributed by atoms with van der Waals surface area (Å²) in [5.41, 5.74) is -0.104. The number of fused-ring (bicyclic) bond motifs is 1. The second-order valence-electron chi connectivity index (χ2n) is 5.75. The van der Waals surface area contributed by atoms with Crippen molar-refractivity contribution < 1.29 is 4.79 Å². The molecule has 3 rings (SSSR count). The molecule has 0 fully saturated rings. The number of carbonyl (C=O) groups excluding carboxylic acids is 1. The zero-order valence-electron chi connectivity index (χ0n) is 14.3. The van der Waals surface area contributed by atoms with Gasteiger partial charge in [-0.25, -0.2) is 9.78 Å². The molecule has 0 saturated heterocycles. The van der Waals surface area contributed by atoms with Crippen molar-refractivity contribution in [1.82, 2.24) is 18.7 Å². The minimum absolute atomic E-state index is 0.276. The zero-order chi connectivity index (χ0) is 18.8. The smallest absolute Gasteiger partial charge is 0.309 e. The third-order valence-electron chi connectivity index (χ3n) is 4.11. The van der Waals surface area contributed by atoms with Crippen LogP contribution in [0.1, 0.15) is 17.3 Å². The van der Waals surface area contributed by atoms with Crippen LogP contribution in [0.5, 0.6) is 0 Å². The molecule has 0 bridgehead atoms. The standard InChI is InChI=1S/C18H17BrN4O3/c1-3-4-10-22-14-15(20-17(22)19)21(2)18(26)23(16(14)25)11-13(24)12-8-6-5-7-9-12/h3-9H,10-11H2,1-2H3. The van der Waals surface area contributed by atoms with Gasteiger partial charge < -0.3 is 4.57 Å². The quantitative estimate of drug-likeness (QED) is 0.362. The number of rotatable bonds is 5. The predicted octanol–water partition coefficient (Wildman–Crippen LogP) is 2.12. The highest BCUT2D eigenvalue weighted by Crippen LogP contribution is 2.16. The molecule has 0 spiro atoms. The van der Waals surface area contributed by atoms with Crippen molar-refractivity contribution in [2.75, 3.05) is 0 Å². The summed E-state index contributed by atoms with van der Waals surface area (Å²) in [7, 11) is 1.53. The number of benzene rings is 1. The van der Waals surface area contributed by atoms with Gasteiger partial charge in [-0.1, -0.05) is 42.5 Å². The molecule has 3 aromatic rings. The van der Waals surface area contributed by atoms with Crippen LogP contribution in [0, 0.1) is 0 Å². The van der Waals surface area contributed by atoms with Gasteiger partial charge in [-0.2, -0.15) is 0 Å². The van der Waals surface area contributed by atoms with Crippen molar-refractivity contribution in [3.63, 3.8) is 0 Å². The topological polar surface area (TPSA) is 78.9 Å². The lowest BCUT2D eigenvalue weighted by Gasteiger charge is -2.09. The first-order chi connectivity index (χ1) is 12.5. The highest BCUT2D eigenvalue weighted by Gasteiger charge is 2.20. The number of Topliss-reactive ketones (excluding diaryl/α,β-unsaturated/α-hetero) is 1. The van der Waals surface area contributed by atoms with E-state index in [0.717, 1.165) is 4.57 Å². The average molecular weight is 417 g/mol. The molecule has 8 heteroatoms. The predicted molar refractivity (Wildman–Crippen MR) is 103 cm³/mol. The molecule has 7 nitrogen and oxygen atoms in total. The Morgan fingerprint density at radius 1 is 1.19 bits per heavy atom. The summed E-state index contributed by atoms with van der Waals surface area (Å²) >= 11 is 3.33. The van der Waals surface area contributed by atoms with E-state index in [4.69, 9.17) is 0 Å². The number of allylic oxidation sites excluding steroid dienone is 2. The minimum Gasteiger partial charge on any atom is -0.309 e. The Labute approximate surface area is 157 Å². The lowest BCUT2D eigenvalue weighted by molar-refractivity contribution is 0.0969. The highest BCUT2D eigenvalue weighted by atomic mass is 79.9. The highest BCUT2D eigenvalue weighted by molar-refractivity contribution is 9.10. The van der Waals surface area contributed by atoms with E-state index in [1.807, 2.05) is 19.1 Å². The summed E-state index contributed by atoms with van der Waals surface area (Å²) in [5.74, 6) is -0.303. The molecule has 0 N–H and O–H groups in total. The van der Waals surface area contributed by atoms with Gasteiger partial charge in [0.05, 0.1) is 6.54 Å². The second kappa shape index (κ2) is 7.25. The molecule has 2 heterocycles. The number of ketones is 1. The van der Waals surface area contributed by atoms with Crippen LogP contribution < -0.4 is 11.2 Å². The van der Waals surface area contributed by atoms with Crippen LogP contribution >= 0.6 is 15.9 Å². The molecule has 0 aliphatic carbocycles. The van der Waals surface area contributed by atoms with Crippen LogP contribution in [0.15, 0.2) is 56.8 Å². The molecule has 1 aromatic carbocycles. The van der Waals surface area contributed by atoms with Gasteiger partial charge >= 0.3 is 5.69 Å². The molecule has 0 atom stereocenters. The Morgan fingerprint density at radius 3 is 2.54 bits per heavy atom. The number of halogens is 1. The van der Waals surface area contributed by atoms with E-state index in [-0.39, 0.29) is 23.5 Å². The van der Waals surface area contributed by atoms with Gasteiger partial charge in [0.25, 0.3) is 5.56 Å². The van der Waals surface area contributed by atoms with E-state index in [9.17, 15) is 14.4 Å². The van der Waals surface area contributed by atoms with Crippen LogP contribution in [0.3, 0.4) is 0 Å². The molecule has 0 amide bonds. The Hall–Kier alpha value is -2.74. The fourth-order valence-corrected chi connectivity index (χ4v) is 3.21. The summed E-state index contributed by atoms with van der Waals surface area (Å²) in [4.78, 5) is 42.3. The molecular formula is C18H17BrN4O3. The van der Waals surface area contributed by atoms with E-state index in [2.05, 4.69) is 20.9 Å². The average Bonchev–Trinajstić information content (AvgIpc) is 2.98. The van der Waals surface area contributed by atoms with Crippen molar-refractivity contribution in [1.29, 1.82) is 0 Å². The summed E-state index contributed by atoms with van der Waals surface area (Å²) in [6.07, 6.45) is 3.73. The fraction of sp³-hybridized carbons (Fsp3) is 0.222. The number of carbonyl (C=O) groups is 1. The lowest BCUT2D eigenvalue weighted by Crippen LogP contribution is -2.41. The van der Waals surface area contributed by atoms with E-state index in [1.165, 1.54) is 11.6 Å². The zero-order valence-corrected chi connectivity index (χ0v) is 15.9. The Morgan fingerprint density at radius 2 is 1.88 bits per heavy atom. The van der Waals surface area contributed by atoms with Crippen molar-refractivity contribution >= 4 is 32.9 Å². The van der Waals surface area contributed by atoms with Crippen LogP contribution in [0.25, 0.3) is 11.2 Å². The third-order valence-corrected chi connectivity index (χ3v) is 4.71. The van der Waals surface area contributed by atoms with Crippen molar-refractivity contribution in [3.05, 3.63) is 73.6 Å². The van der Waals surface area contributed by atoms with Gasteiger partial charge in [0, 0.05) is 19.2 Å². The first kappa shape index (κ1) is 18.1. The molecule has 0 unspecified atom stereocenters. The lowest BCUT2D eigenvalue weighted by atomic mass is 10.1. The van der Waals surface area contributed by atoms with Gasteiger partial charge in [0.2, 0.25) is 0 Å². The first-order valence-corrected chi connectivity index (χ1v) is 8.80. The van der Waals surface area contributed by atoms with Crippen molar-refractivity contribution in [3.8, 4) is 0 Å². The molecule has 26 heavy (non-hydrogen) atoms. The Kier molecular flexibility index (Phi) is 5.03. The molecule has 2 aromatic heterocycles. The van der Waals surface area contributed by atoms with Crippen LogP contribution in [0.4, 0.5) is 0 Å². The van der Waals surface area contributed by atoms with Gasteiger partial charge in [-0.05, 0) is 22.9 Å². The number of aromatic nitrogens is 4. The molecule has 0 aliphatic rings. The van der Waals surface area contributed by atoms with Crippen LogP contribution in [-0.2, 0) is 20.1 Å². The van der Waals surface area contributed by atoms with Gasteiger partial charge in [-0.15, -0.1) is 0 Å².